The fraction of sp³-hybridized carbons (Fsp3) is 0.560. The van der Waals surface area contributed by atoms with Crippen LogP contribution >= 0.6 is 0 Å². The summed E-state index contributed by atoms with van der Waals surface area (Å²) in [6.45, 7) is 9.40. The molecule has 1 atom stereocenters. The first-order valence-electron chi connectivity index (χ1n) is 12.4. The zero-order valence-electron chi connectivity index (χ0n) is 21.2. The van der Waals surface area contributed by atoms with Crippen LogP contribution in [0.2, 0.25) is 0 Å². The predicted octanol–water partition coefficient (Wildman–Crippen LogP) is 3.41. The van der Waals surface area contributed by atoms with Crippen LogP contribution in [-0.2, 0) is 22.8 Å². The van der Waals surface area contributed by atoms with E-state index in [1.54, 1.807) is 36.7 Å². The minimum atomic E-state index is -3.52. The van der Waals surface area contributed by atoms with Gasteiger partial charge in [-0.1, -0.05) is 13.8 Å². The van der Waals surface area contributed by atoms with Crippen LogP contribution in [0.5, 0.6) is 5.75 Å². The average Bonchev–Trinajstić information content (AvgIpc) is 3.40. The van der Waals surface area contributed by atoms with Crippen molar-refractivity contribution in [3.8, 4) is 17.1 Å². The van der Waals surface area contributed by atoms with Gasteiger partial charge in [-0.05, 0) is 71.3 Å². The maximum absolute atomic E-state index is 13.4. The molecule has 0 saturated carbocycles. The lowest BCUT2D eigenvalue weighted by Crippen LogP contribution is -2.30. The molecule has 3 heterocycles. The first kappa shape index (κ1) is 25.4. The fourth-order valence-corrected chi connectivity index (χ4v) is 5.62. The Morgan fingerprint density at radius 3 is 2.66 bits per heavy atom. The number of aryl methyl sites for hydroxylation is 1. The fourth-order valence-electron chi connectivity index (χ4n) is 4.54. The van der Waals surface area contributed by atoms with Gasteiger partial charge < -0.3 is 14.6 Å². The highest BCUT2D eigenvalue weighted by Crippen LogP contribution is 2.32. The normalized spacial score (nSPS) is 17.0. The van der Waals surface area contributed by atoms with Crippen LogP contribution in [0.15, 0.2) is 27.9 Å². The van der Waals surface area contributed by atoms with E-state index < -0.39 is 15.1 Å². The number of H-pyrrole nitrogens is 1. The predicted molar refractivity (Wildman–Crippen MR) is 137 cm³/mol. The largest absolute Gasteiger partial charge is 0.493 e. The van der Waals surface area contributed by atoms with Crippen molar-refractivity contribution in [1.29, 1.82) is 0 Å². The topological polar surface area (TPSA) is 110 Å². The number of rotatable bonds is 9. The zero-order valence-corrected chi connectivity index (χ0v) is 22.0. The molecular weight excluding hydrogens is 466 g/mol. The number of nitrogens with zero attached hydrogens (tertiary/aromatic N) is 4. The molecule has 1 saturated heterocycles. The van der Waals surface area contributed by atoms with E-state index in [1.165, 1.54) is 0 Å². The molecule has 10 heteroatoms. The number of sulfone groups is 1. The van der Waals surface area contributed by atoms with Gasteiger partial charge in [-0.25, -0.2) is 13.4 Å². The van der Waals surface area contributed by atoms with Crippen molar-refractivity contribution in [2.45, 2.75) is 76.1 Å². The summed E-state index contributed by atoms with van der Waals surface area (Å²) in [6.07, 6.45) is 3.62. The molecule has 4 rings (SSSR count). The molecule has 0 unspecified atom stereocenters. The highest BCUT2D eigenvalue weighted by Gasteiger charge is 2.26. The van der Waals surface area contributed by atoms with Crippen molar-refractivity contribution in [3.63, 3.8) is 0 Å². The van der Waals surface area contributed by atoms with Crippen LogP contribution < -0.4 is 10.3 Å². The number of aromatic nitrogens is 4. The summed E-state index contributed by atoms with van der Waals surface area (Å²) in [4.78, 5) is 23.5. The molecule has 0 bridgehead atoms. The summed E-state index contributed by atoms with van der Waals surface area (Å²) in [6, 6.07) is 5.07. The Kier molecular flexibility index (Phi) is 7.32. The molecule has 9 nitrogen and oxygen atoms in total. The Bertz CT molecular complexity index is 1380. The monoisotopic (exact) mass is 501 g/mol. The van der Waals surface area contributed by atoms with E-state index in [-0.39, 0.29) is 16.3 Å². The molecule has 0 aliphatic carbocycles. The van der Waals surface area contributed by atoms with Gasteiger partial charge in [0.25, 0.3) is 5.56 Å². The van der Waals surface area contributed by atoms with Gasteiger partial charge in [-0.2, -0.15) is 5.10 Å². The first-order chi connectivity index (χ1) is 16.7. The second-order valence-electron chi connectivity index (χ2n) is 9.47. The van der Waals surface area contributed by atoms with Gasteiger partial charge in [0.05, 0.1) is 34.6 Å². The lowest BCUT2D eigenvalue weighted by molar-refractivity contribution is 0.276. The number of hydrogen-bond donors (Lipinski definition) is 1. The minimum Gasteiger partial charge on any atom is -0.493 e. The highest BCUT2D eigenvalue weighted by molar-refractivity contribution is 7.92. The number of hydrogen-bond acceptors (Lipinski definition) is 7. The number of nitrogens with one attached hydrogen (secondary N) is 1. The van der Waals surface area contributed by atoms with Gasteiger partial charge in [0.2, 0.25) is 0 Å². The van der Waals surface area contributed by atoms with Crippen LogP contribution in [0, 0.1) is 0 Å². The maximum Gasteiger partial charge on any atom is 0.277 e. The van der Waals surface area contributed by atoms with E-state index in [1.807, 2.05) is 13.8 Å². The minimum absolute atomic E-state index is 0.171. The summed E-state index contributed by atoms with van der Waals surface area (Å²) >= 11 is 0. The summed E-state index contributed by atoms with van der Waals surface area (Å²) in [5, 5.41) is 4.16. The molecular formula is C25H35N5O4S. The maximum atomic E-state index is 13.4. The van der Waals surface area contributed by atoms with Crippen LogP contribution in [-0.4, -0.2) is 64.6 Å². The molecule has 2 aromatic heterocycles. The van der Waals surface area contributed by atoms with Gasteiger partial charge in [-0.15, -0.1) is 0 Å². The number of likely N-dealkylation sites (tertiary alicyclic amines) is 1. The molecule has 190 valence electrons. The summed E-state index contributed by atoms with van der Waals surface area (Å²) in [5.41, 5.74) is 1.90. The molecule has 1 N–H and O–H groups in total. The standard InChI is InChI=1S/C25H35N5O4S/c1-6-13-34-21-11-10-18(35(32,33)16(3)4)14-19(21)24-26-22-20(7-2)28-30(23(22)25(31)27-24)15-17-9-8-12-29(17)5/h10-11,14,16-17H,6-9,12-13,15H2,1-5H3,(H,26,27,31)/t17-/m0/s1. The second-order valence-corrected chi connectivity index (χ2v) is 12.0. The Labute approximate surface area is 206 Å². The van der Waals surface area contributed by atoms with E-state index in [0.29, 0.717) is 48.0 Å². The van der Waals surface area contributed by atoms with Gasteiger partial charge >= 0.3 is 0 Å². The van der Waals surface area contributed by atoms with E-state index in [2.05, 4.69) is 16.9 Å². The average molecular weight is 502 g/mol. The van der Waals surface area contributed by atoms with Crippen molar-refractivity contribution < 1.29 is 13.2 Å². The van der Waals surface area contributed by atoms with Crippen molar-refractivity contribution in [1.82, 2.24) is 24.6 Å². The molecule has 1 fully saturated rings. The van der Waals surface area contributed by atoms with Gasteiger partial charge in [-0.3, -0.25) is 9.48 Å². The molecule has 1 aliphatic rings. The third-order valence-electron chi connectivity index (χ3n) is 6.67. The van der Waals surface area contributed by atoms with E-state index in [4.69, 9.17) is 14.8 Å². The van der Waals surface area contributed by atoms with Crippen molar-refractivity contribution >= 4 is 20.9 Å². The first-order valence-corrected chi connectivity index (χ1v) is 13.9. The number of fused-ring (bicyclic) bond motifs is 1. The van der Waals surface area contributed by atoms with Crippen molar-refractivity contribution in [3.05, 3.63) is 34.2 Å². The Morgan fingerprint density at radius 2 is 2.03 bits per heavy atom. The lowest BCUT2D eigenvalue weighted by Gasteiger charge is -2.19. The Balaban J connectivity index is 1.87. The summed E-state index contributed by atoms with van der Waals surface area (Å²) < 4.78 is 33.4. The van der Waals surface area contributed by atoms with Crippen LogP contribution in [0.3, 0.4) is 0 Å². The smallest absolute Gasteiger partial charge is 0.277 e. The third kappa shape index (κ3) is 4.86. The number of benzene rings is 1. The van der Waals surface area contributed by atoms with Gasteiger partial charge in [0.15, 0.2) is 15.4 Å². The van der Waals surface area contributed by atoms with Gasteiger partial charge in [0.1, 0.15) is 17.1 Å². The van der Waals surface area contributed by atoms with Crippen LogP contribution in [0.1, 0.15) is 52.7 Å². The molecule has 0 radical (unpaired) electrons. The quantitative estimate of drug-likeness (QED) is 0.478. The Morgan fingerprint density at radius 1 is 1.26 bits per heavy atom. The number of likely N-dealkylation sites (N-methyl/N-ethyl adjacent to an activating group) is 1. The van der Waals surface area contributed by atoms with Crippen molar-refractivity contribution in [2.75, 3.05) is 20.2 Å². The molecule has 1 aromatic carbocycles. The third-order valence-corrected chi connectivity index (χ3v) is 8.83. The molecule has 0 amide bonds. The molecule has 0 spiro atoms. The summed E-state index contributed by atoms with van der Waals surface area (Å²) in [7, 11) is -1.42. The molecule has 35 heavy (non-hydrogen) atoms. The highest BCUT2D eigenvalue weighted by atomic mass is 32.2. The molecule has 1 aliphatic heterocycles. The SMILES string of the molecule is CCCOc1ccc(S(=O)(=O)C(C)C)cc1-c1nc2c(CC)nn(C[C@@H]3CCCN3C)c2c(=O)[nH]1. The van der Waals surface area contributed by atoms with Crippen molar-refractivity contribution in [2.24, 2.45) is 0 Å². The van der Waals surface area contributed by atoms with E-state index >= 15 is 0 Å². The second kappa shape index (κ2) is 10.1. The molecule has 3 aromatic rings. The van der Waals surface area contributed by atoms with E-state index in [9.17, 15) is 13.2 Å². The zero-order chi connectivity index (χ0) is 25.3. The number of aromatic amines is 1. The summed E-state index contributed by atoms with van der Waals surface area (Å²) in [5.74, 6) is 0.761. The lowest BCUT2D eigenvalue weighted by atomic mass is 10.1. The Hall–Kier alpha value is -2.72. The van der Waals surface area contributed by atoms with Gasteiger partial charge in [0, 0.05) is 6.04 Å². The van der Waals surface area contributed by atoms with Crippen LogP contribution in [0.25, 0.3) is 22.4 Å². The van der Waals surface area contributed by atoms with E-state index in [0.717, 1.165) is 31.5 Å². The van der Waals surface area contributed by atoms with Crippen LogP contribution in [0.4, 0.5) is 0 Å². The number of ether oxygens (including phenoxy) is 1.